The summed E-state index contributed by atoms with van der Waals surface area (Å²) in [6, 6.07) is 5.84. The van der Waals surface area contributed by atoms with Gasteiger partial charge in [0.25, 0.3) is 0 Å². The van der Waals surface area contributed by atoms with E-state index < -0.39 is 21.9 Å². The van der Waals surface area contributed by atoms with Crippen molar-refractivity contribution in [3.05, 3.63) is 29.8 Å². The molecule has 2 aliphatic heterocycles. The maximum atomic E-state index is 13.1. The molecule has 1 amide bonds. The van der Waals surface area contributed by atoms with Gasteiger partial charge in [0.15, 0.2) is 5.79 Å². The highest BCUT2D eigenvalue weighted by Crippen LogP contribution is 2.31. The summed E-state index contributed by atoms with van der Waals surface area (Å²) in [5.74, 6) is -0.0540. The molecule has 2 heterocycles. The van der Waals surface area contributed by atoms with E-state index in [-0.39, 0.29) is 10.8 Å². The minimum Gasteiger partial charge on any atom is -0.347 e. The third-order valence-corrected chi connectivity index (χ3v) is 7.32. The zero-order valence-electron chi connectivity index (χ0n) is 16.3. The molecule has 1 atom stereocenters. The lowest BCUT2D eigenvalue weighted by Crippen LogP contribution is -2.53. The van der Waals surface area contributed by atoms with Gasteiger partial charge in [0.05, 0.1) is 18.1 Å². The maximum absolute atomic E-state index is 13.1. The highest BCUT2D eigenvalue weighted by Gasteiger charge is 2.42. The van der Waals surface area contributed by atoms with Crippen molar-refractivity contribution in [2.75, 3.05) is 38.3 Å². The van der Waals surface area contributed by atoms with Crippen LogP contribution in [-0.2, 0) is 24.3 Å². The first kappa shape index (κ1) is 21.6. The van der Waals surface area contributed by atoms with E-state index in [4.69, 9.17) is 9.47 Å². The lowest BCUT2D eigenvalue weighted by atomic mass is 10.0. The standard InChI is InChI=1S/C19H28N2O5S2/c1-15-3-5-16(6-4-15)28(23,24)20-17(7-14-27-2)18(22)21-10-8-19(9-11-21)25-12-13-26-19/h3-6,17,20H,7-14H2,1-2H3. The fourth-order valence-corrected chi connectivity index (χ4v) is 5.21. The van der Waals surface area contributed by atoms with Gasteiger partial charge in [-0.05, 0) is 37.5 Å². The van der Waals surface area contributed by atoms with Gasteiger partial charge in [-0.3, -0.25) is 4.79 Å². The third-order valence-electron chi connectivity index (χ3n) is 5.19. The van der Waals surface area contributed by atoms with Gasteiger partial charge in [-0.2, -0.15) is 16.5 Å². The number of thioether (sulfide) groups is 1. The van der Waals surface area contributed by atoms with E-state index >= 15 is 0 Å². The van der Waals surface area contributed by atoms with Crippen LogP contribution in [0.3, 0.4) is 0 Å². The van der Waals surface area contributed by atoms with E-state index in [0.29, 0.717) is 51.3 Å². The average Bonchev–Trinajstić information content (AvgIpc) is 3.13. The second kappa shape index (κ2) is 9.13. The van der Waals surface area contributed by atoms with Gasteiger partial charge >= 0.3 is 0 Å². The van der Waals surface area contributed by atoms with Gasteiger partial charge < -0.3 is 14.4 Å². The maximum Gasteiger partial charge on any atom is 0.241 e. The minimum absolute atomic E-state index is 0.172. The largest absolute Gasteiger partial charge is 0.347 e. The fraction of sp³-hybridized carbons (Fsp3) is 0.632. The number of hydrogen-bond donors (Lipinski definition) is 1. The van der Waals surface area contributed by atoms with Crippen LogP contribution in [0.25, 0.3) is 0 Å². The van der Waals surface area contributed by atoms with E-state index in [9.17, 15) is 13.2 Å². The molecule has 1 aromatic carbocycles. The van der Waals surface area contributed by atoms with Crippen LogP contribution in [-0.4, -0.2) is 69.4 Å². The Kier molecular flexibility index (Phi) is 7.03. The summed E-state index contributed by atoms with van der Waals surface area (Å²) in [6.07, 6.45) is 3.60. The van der Waals surface area contributed by atoms with Crippen LogP contribution in [0.1, 0.15) is 24.8 Å². The summed E-state index contributed by atoms with van der Waals surface area (Å²) >= 11 is 1.59. The Morgan fingerprint density at radius 3 is 2.39 bits per heavy atom. The number of nitrogens with zero attached hydrogens (tertiary/aromatic N) is 1. The van der Waals surface area contributed by atoms with Crippen molar-refractivity contribution in [1.82, 2.24) is 9.62 Å². The first-order valence-electron chi connectivity index (χ1n) is 9.50. The van der Waals surface area contributed by atoms with E-state index in [0.717, 1.165) is 5.56 Å². The number of likely N-dealkylation sites (tertiary alicyclic amines) is 1. The Labute approximate surface area is 171 Å². The molecule has 28 heavy (non-hydrogen) atoms. The van der Waals surface area contributed by atoms with Crippen LogP contribution >= 0.6 is 11.8 Å². The topological polar surface area (TPSA) is 84.9 Å². The Morgan fingerprint density at radius 2 is 1.82 bits per heavy atom. The molecule has 156 valence electrons. The molecule has 1 N–H and O–H groups in total. The quantitative estimate of drug-likeness (QED) is 0.712. The van der Waals surface area contributed by atoms with Gasteiger partial charge in [-0.25, -0.2) is 8.42 Å². The second-order valence-electron chi connectivity index (χ2n) is 7.20. The number of amides is 1. The van der Waals surface area contributed by atoms with Crippen LogP contribution < -0.4 is 4.72 Å². The first-order chi connectivity index (χ1) is 13.4. The molecular formula is C19H28N2O5S2. The van der Waals surface area contributed by atoms with Gasteiger partial charge in [-0.1, -0.05) is 17.7 Å². The van der Waals surface area contributed by atoms with E-state index in [1.54, 1.807) is 40.9 Å². The second-order valence-corrected chi connectivity index (χ2v) is 9.90. The van der Waals surface area contributed by atoms with E-state index in [1.165, 1.54) is 0 Å². The highest BCUT2D eigenvalue weighted by atomic mass is 32.2. The van der Waals surface area contributed by atoms with Crippen LogP contribution in [0.4, 0.5) is 0 Å². The lowest BCUT2D eigenvalue weighted by Gasteiger charge is -2.38. The van der Waals surface area contributed by atoms with Crippen molar-refractivity contribution in [2.45, 2.75) is 42.9 Å². The summed E-state index contributed by atoms with van der Waals surface area (Å²) < 4.78 is 39.6. The fourth-order valence-electron chi connectivity index (χ4n) is 3.52. The predicted octanol–water partition coefficient (Wildman–Crippen LogP) is 1.76. The molecule has 0 bridgehead atoms. The Morgan fingerprint density at radius 1 is 1.21 bits per heavy atom. The van der Waals surface area contributed by atoms with Crippen molar-refractivity contribution in [3.8, 4) is 0 Å². The Bertz CT molecular complexity index is 766. The van der Waals surface area contributed by atoms with Crippen molar-refractivity contribution in [3.63, 3.8) is 0 Å². The number of carbonyl (C=O) groups excluding carboxylic acids is 1. The van der Waals surface area contributed by atoms with Gasteiger partial charge in [0.2, 0.25) is 15.9 Å². The molecule has 2 aliphatic rings. The summed E-state index contributed by atoms with van der Waals surface area (Å²) in [6.45, 7) is 4.07. The molecule has 0 aliphatic carbocycles. The lowest BCUT2D eigenvalue weighted by molar-refractivity contribution is -0.187. The normalized spacial score (nSPS) is 20.4. The van der Waals surface area contributed by atoms with Crippen molar-refractivity contribution >= 4 is 27.7 Å². The molecule has 1 spiro atoms. The summed E-state index contributed by atoms with van der Waals surface area (Å²) in [4.78, 5) is 15.0. The number of rotatable bonds is 7. The van der Waals surface area contributed by atoms with Gasteiger partial charge in [0.1, 0.15) is 6.04 Å². The molecule has 9 heteroatoms. The summed E-state index contributed by atoms with van der Waals surface area (Å²) in [5.41, 5.74) is 0.979. The zero-order valence-corrected chi connectivity index (χ0v) is 18.0. The van der Waals surface area contributed by atoms with E-state index in [2.05, 4.69) is 4.72 Å². The number of ether oxygens (including phenoxy) is 2. The zero-order chi connectivity index (χ0) is 20.2. The SMILES string of the molecule is CSCCC(NS(=O)(=O)c1ccc(C)cc1)C(=O)N1CCC2(CC1)OCCO2. The molecule has 2 saturated heterocycles. The molecular weight excluding hydrogens is 400 g/mol. The van der Waals surface area contributed by atoms with Crippen molar-refractivity contribution in [2.24, 2.45) is 0 Å². The highest BCUT2D eigenvalue weighted by molar-refractivity contribution is 7.98. The third kappa shape index (κ3) is 5.07. The van der Waals surface area contributed by atoms with Crippen LogP contribution in [0.5, 0.6) is 0 Å². The van der Waals surface area contributed by atoms with Crippen LogP contribution in [0.2, 0.25) is 0 Å². The average molecular weight is 429 g/mol. The van der Waals surface area contributed by atoms with Crippen molar-refractivity contribution in [1.29, 1.82) is 0 Å². The molecule has 0 saturated carbocycles. The molecule has 1 unspecified atom stereocenters. The monoisotopic (exact) mass is 428 g/mol. The summed E-state index contributed by atoms with van der Waals surface area (Å²) in [5, 5.41) is 0. The van der Waals surface area contributed by atoms with Crippen LogP contribution in [0.15, 0.2) is 29.2 Å². The number of benzene rings is 1. The van der Waals surface area contributed by atoms with Gasteiger partial charge in [0, 0.05) is 25.9 Å². The number of carbonyl (C=O) groups is 1. The van der Waals surface area contributed by atoms with Crippen molar-refractivity contribution < 1.29 is 22.7 Å². The minimum atomic E-state index is -3.77. The molecule has 0 aromatic heterocycles. The number of aryl methyl sites for hydroxylation is 1. The molecule has 1 aromatic rings. The van der Waals surface area contributed by atoms with Crippen LogP contribution in [0, 0.1) is 6.92 Å². The Balaban J connectivity index is 1.68. The summed E-state index contributed by atoms with van der Waals surface area (Å²) in [7, 11) is -3.77. The molecule has 0 radical (unpaired) electrons. The first-order valence-corrected chi connectivity index (χ1v) is 12.4. The van der Waals surface area contributed by atoms with E-state index in [1.807, 2.05) is 13.2 Å². The number of piperidine rings is 1. The number of sulfonamides is 1. The number of hydrogen-bond acceptors (Lipinski definition) is 6. The molecule has 7 nitrogen and oxygen atoms in total. The molecule has 2 fully saturated rings. The predicted molar refractivity (Wildman–Crippen MR) is 109 cm³/mol. The molecule has 3 rings (SSSR count). The smallest absolute Gasteiger partial charge is 0.241 e. The number of nitrogens with one attached hydrogen (secondary N) is 1. The van der Waals surface area contributed by atoms with Gasteiger partial charge in [-0.15, -0.1) is 0 Å². The Hall–Kier alpha value is -1.13.